The Morgan fingerprint density at radius 1 is 1.44 bits per heavy atom. The Labute approximate surface area is 160 Å². The van der Waals surface area contributed by atoms with Gasteiger partial charge in [0, 0.05) is 30.6 Å². The van der Waals surface area contributed by atoms with Gasteiger partial charge in [-0.3, -0.25) is 9.79 Å². The summed E-state index contributed by atoms with van der Waals surface area (Å²) in [5, 5.41) is 13.4. The molecule has 0 aliphatic carbocycles. The lowest BCUT2D eigenvalue weighted by Crippen LogP contribution is -2.40. The molecule has 0 spiro atoms. The van der Waals surface area contributed by atoms with Gasteiger partial charge in [0.05, 0.1) is 9.92 Å². The zero-order valence-corrected chi connectivity index (χ0v) is 16.0. The van der Waals surface area contributed by atoms with Crippen LogP contribution in [0.5, 0.6) is 0 Å². The van der Waals surface area contributed by atoms with Crippen molar-refractivity contribution in [2.75, 3.05) is 18.9 Å². The Hall–Kier alpha value is -2.43. The molecule has 144 valence electrons. The van der Waals surface area contributed by atoms with Crippen LogP contribution in [0.4, 0.5) is 5.82 Å². The van der Waals surface area contributed by atoms with Gasteiger partial charge in [-0.15, -0.1) is 0 Å². The van der Waals surface area contributed by atoms with Gasteiger partial charge in [0.2, 0.25) is 10.0 Å². The van der Waals surface area contributed by atoms with Crippen LogP contribution in [0, 0.1) is 0 Å². The van der Waals surface area contributed by atoms with Crippen molar-refractivity contribution in [1.29, 1.82) is 0 Å². The molecule has 1 aromatic carbocycles. The molecule has 1 aromatic heterocycles. The van der Waals surface area contributed by atoms with E-state index in [-0.39, 0.29) is 23.8 Å². The summed E-state index contributed by atoms with van der Waals surface area (Å²) in [7, 11) is -2.50. The van der Waals surface area contributed by atoms with Crippen molar-refractivity contribution in [3.63, 3.8) is 0 Å². The van der Waals surface area contributed by atoms with E-state index in [1.165, 1.54) is 25.4 Å². The summed E-state index contributed by atoms with van der Waals surface area (Å²) in [6, 6.07) is 3.31. The number of nitrogens with zero attached hydrogens (tertiary/aromatic N) is 3. The molecule has 4 N–H and O–H groups in total. The minimum absolute atomic E-state index is 0.0396. The summed E-state index contributed by atoms with van der Waals surface area (Å²) in [6.07, 6.45) is 2.20. The van der Waals surface area contributed by atoms with E-state index in [2.05, 4.69) is 15.3 Å². The summed E-state index contributed by atoms with van der Waals surface area (Å²) < 4.78 is 27.0. The van der Waals surface area contributed by atoms with Crippen molar-refractivity contribution in [3.05, 3.63) is 29.4 Å². The number of pyridine rings is 1. The number of aromatic nitrogens is 1. The molecule has 1 aliphatic heterocycles. The molecule has 0 unspecified atom stereocenters. The van der Waals surface area contributed by atoms with Gasteiger partial charge in [-0.2, -0.15) is 4.31 Å². The number of anilines is 1. The first kappa shape index (κ1) is 19.3. The second kappa shape index (κ2) is 7.29. The van der Waals surface area contributed by atoms with Crippen LogP contribution in [0.3, 0.4) is 0 Å². The zero-order chi connectivity index (χ0) is 19.8. The number of carbonyl (C=O) groups is 1. The first-order chi connectivity index (χ1) is 12.8. The van der Waals surface area contributed by atoms with Crippen LogP contribution in [-0.4, -0.2) is 54.4 Å². The number of aliphatic imine (C=N–C) groups is 1. The van der Waals surface area contributed by atoms with E-state index in [4.69, 9.17) is 17.3 Å². The fourth-order valence-electron chi connectivity index (χ4n) is 3.04. The fourth-order valence-corrected chi connectivity index (χ4v) is 4.93. The minimum atomic E-state index is -4.00. The van der Waals surface area contributed by atoms with Crippen molar-refractivity contribution in [2.24, 2.45) is 10.7 Å². The minimum Gasteiger partial charge on any atom is -0.480 e. The van der Waals surface area contributed by atoms with Crippen molar-refractivity contribution in [2.45, 2.75) is 23.8 Å². The van der Waals surface area contributed by atoms with Crippen LogP contribution in [0.25, 0.3) is 10.8 Å². The number of sulfonamides is 1. The van der Waals surface area contributed by atoms with E-state index in [0.717, 1.165) is 4.31 Å². The number of nitrogens with two attached hydrogens (primary N) is 1. The van der Waals surface area contributed by atoms with Crippen LogP contribution in [0.15, 0.2) is 34.3 Å². The number of nitrogens with one attached hydrogen (secondary N) is 1. The standard InChI is InChI=1S/C16H18ClN5O4S/c1-19-16(18)21-14-11-7-9(4-5-10(11)12(17)8-20-14)27(25,26)22-6-2-3-13(22)15(23)24/h4-5,7-8,13H,2-3,6H2,1H3,(H,23,24)(H3,18,19,20,21)/t13-/m1/s1. The molecular weight excluding hydrogens is 394 g/mol. The molecule has 1 fully saturated rings. The van der Waals surface area contributed by atoms with Crippen molar-refractivity contribution < 1.29 is 18.3 Å². The maximum Gasteiger partial charge on any atom is 0.322 e. The summed E-state index contributed by atoms with van der Waals surface area (Å²) in [4.78, 5) is 19.3. The van der Waals surface area contributed by atoms with Crippen molar-refractivity contribution >= 4 is 50.1 Å². The molecule has 2 aromatic rings. The average molecular weight is 412 g/mol. The van der Waals surface area contributed by atoms with E-state index >= 15 is 0 Å². The number of carboxylic acid groups (broad SMARTS) is 1. The number of rotatable bonds is 4. The lowest BCUT2D eigenvalue weighted by atomic mass is 10.1. The van der Waals surface area contributed by atoms with Crippen LogP contribution >= 0.6 is 11.6 Å². The Bertz CT molecular complexity index is 1040. The van der Waals surface area contributed by atoms with E-state index in [0.29, 0.717) is 28.0 Å². The van der Waals surface area contributed by atoms with E-state index in [1.54, 1.807) is 6.07 Å². The Balaban J connectivity index is 2.13. The molecule has 2 heterocycles. The van der Waals surface area contributed by atoms with Gasteiger partial charge >= 0.3 is 5.97 Å². The number of hydrogen-bond acceptors (Lipinski definition) is 5. The molecule has 0 amide bonds. The van der Waals surface area contributed by atoms with Crippen LogP contribution in [-0.2, 0) is 14.8 Å². The maximum absolute atomic E-state index is 13.0. The normalized spacial score (nSPS) is 18.7. The lowest BCUT2D eigenvalue weighted by Gasteiger charge is -2.21. The molecule has 0 saturated carbocycles. The second-order valence-electron chi connectivity index (χ2n) is 6.01. The van der Waals surface area contributed by atoms with E-state index < -0.39 is 22.0 Å². The molecule has 1 aliphatic rings. The second-order valence-corrected chi connectivity index (χ2v) is 8.31. The predicted molar refractivity (Wildman–Crippen MR) is 102 cm³/mol. The van der Waals surface area contributed by atoms with Gasteiger partial charge in [0.25, 0.3) is 0 Å². The largest absolute Gasteiger partial charge is 0.480 e. The third-order valence-corrected chi connectivity index (χ3v) is 6.60. The molecule has 0 bridgehead atoms. The van der Waals surface area contributed by atoms with Gasteiger partial charge in [-0.05, 0) is 25.0 Å². The summed E-state index contributed by atoms with van der Waals surface area (Å²) >= 11 is 6.17. The number of guanidine groups is 1. The first-order valence-corrected chi connectivity index (χ1v) is 9.89. The smallest absolute Gasteiger partial charge is 0.322 e. The highest BCUT2D eigenvalue weighted by Crippen LogP contribution is 2.32. The molecule has 11 heteroatoms. The molecule has 0 radical (unpaired) electrons. The fraction of sp³-hybridized carbons (Fsp3) is 0.312. The maximum atomic E-state index is 13.0. The first-order valence-electron chi connectivity index (χ1n) is 8.08. The topological polar surface area (TPSA) is 138 Å². The number of aliphatic carboxylic acids is 1. The monoisotopic (exact) mass is 411 g/mol. The summed E-state index contributed by atoms with van der Waals surface area (Å²) in [5.74, 6) is -0.758. The van der Waals surface area contributed by atoms with Gasteiger partial charge in [-0.1, -0.05) is 17.7 Å². The SMILES string of the molecule is CN=C(N)Nc1ncc(Cl)c2ccc(S(=O)(=O)N3CCC[C@@H]3C(=O)O)cc12. The van der Waals surface area contributed by atoms with E-state index in [1.807, 2.05) is 0 Å². The van der Waals surface area contributed by atoms with Crippen LogP contribution in [0.1, 0.15) is 12.8 Å². The average Bonchev–Trinajstić information content (AvgIpc) is 3.14. The van der Waals surface area contributed by atoms with E-state index in [9.17, 15) is 18.3 Å². The van der Waals surface area contributed by atoms with Crippen LogP contribution < -0.4 is 11.1 Å². The third kappa shape index (κ3) is 3.55. The molecule has 27 heavy (non-hydrogen) atoms. The quantitative estimate of drug-likeness (QED) is 0.511. The van der Waals surface area contributed by atoms with Gasteiger partial charge in [-0.25, -0.2) is 13.4 Å². The molecular formula is C16H18ClN5O4S. The molecule has 1 atom stereocenters. The molecule has 1 saturated heterocycles. The number of hydrogen-bond donors (Lipinski definition) is 3. The Morgan fingerprint density at radius 2 is 2.19 bits per heavy atom. The predicted octanol–water partition coefficient (Wildman–Crippen LogP) is 1.48. The highest BCUT2D eigenvalue weighted by Gasteiger charge is 2.39. The zero-order valence-electron chi connectivity index (χ0n) is 14.4. The summed E-state index contributed by atoms with van der Waals surface area (Å²) in [6.45, 7) is 0.158. The Morgan fingerprint density at radius 3 is 2.85 bits per heavy atom. The van der Waals surface area contributed by atoms with Gasteiger partial charge in [0.1, 0.15) is 11.9 Å². The summed E-state index contributed by atoms with van der Waals surface area (Å²) in [5.41, 5.74) is 5.68. The number of carboxylic acids is 1. The van der Waals surface area contributed by atoms with Crippen LogP contribution in [0.2, 0.25) is 5.02 Å². The Kier molecular flexibility index (Phi) is 5.22. The molecule has 9 nitrogen and oxygen atoms in total. The highest BCUT2D eigenvalue weighted by atomic mass is 35.5. The van der Waals surface area contributed by atoms with Gasteiger partial charge in [0.15, 0.2) is 5.96 Å². The number of halogens is 1. The highest BCUT2D eigenvalue weighted by molar-refractivity contribution is 7.89. The number of fused-ring (bicyclic) bond motifs is 1. The third-order valence-electron chi connectivity index (χ3n) is 4.39. The van der Waals surface area contributed by atoms with Crippen molar-refractivity contribution in [1.82, 2.24) is 9.29 Å². The molecule has 3 rings (SSSR count). The number of benzene rings is 1. The van der Waals surface area contributed by atoms with Crippen molar-refractivity contribution in [3.8, 4) is 0 Å². The lowest BCUT2D eigenvalue weighted by molar-refractivity contribution is -0.140. The van der Waals surface area contributed by atoms with Gasteiger partial charge < -0.3 is 16.2 Å².